The van der Waals surface area contributed by atoms with Gasteiger partial charge in [-0.1, -0.05) is 11.6 Å². The molecule has 1 heterocycles. The molecular weight excluding hydrogens is 282 g/mol. The van der Waals surface area contributed by atoms with Gasteiger partial charge in [-0.2, -0.15) is 0 Å². The third-order valence-corrected chi connectivity index (χ3v) is 4.05. The number of thiazole rings is 1. The third-order valence-electron chi connectivity index (χ3n) is 2.53. The van der Waals surface area contributed by atoms with Crippen molar-refractivity contribution in [2.45, 2.75) is 13.3 Å². The summed E-state index contributed by atoms with van der Waals surface area (Å²) < 4.78 is 5.64. The van der Waals surface area contributed by atoms with E-state index in [4.69, 9.17) is 27.5 Å². The summed E-state index contributed by atoms with van der Waals surface area (Å²) in [4.78, 5) is 4.89. The van der Waals surface area contributed by atoms with Crippen LogP contribution in [0.15, 0.2) is 24.4 Å². The Labute approximate surface area is 120 Å². The molecule has 0 bridgehead atoms. The van der Waals surface area contributed by atoms with Gasteiger partial charge in [-0.15, -0.1) is 11.3 Å². The third kappa shape index (κ3) is 3.68. The van der Waals surface area contributed by atoms with Gasteiger partial charge < -0.3 is 10.5 Å². The van der Waals surface area contributed by atoms with E-state index < -0.39 is 0 Å². The van der Waals surface area contributed by atoms with Gasteiger partial charge in [0.2, 0.25) is 0 Å². The normalized spacial score (nSPS) is 10.4. The SMILES string of the molecule is Cc1cc(OCCc2ncc(C(=N)N)s2)ccc1Cl. The number of nitrogens with one attached hydrogen (secondary N) is 1. The second-order valence-electron chi connectivity index (χ2n) is 4.04. The molecule has 3 N–H and O–H groups in total. The molecule has 19 heavy (non-hydrogen) atoms. The van der Waals surface area contributed by atoms with Crippen LogP contribution in [0, 0.1) is 12.3 Å². The van der Waals surface area contributed by atoms with E-state index in [1.807, 2.05) is 25.1 Å². The minimum absolute atomic E-state index is 0.0537. The van der Waals surface area contributed by atoms with Gasteiger partial charge in [0.25, 0.3) is 0 Å². The summed E-state index contributed by atoms with van der Waals surface area (Å²) in [7, 11) is 0. The topological polar surface area (TPSA) is 72.0 Å². The highest BCUT2D eigenvalue weighted by Gasteiger charge is 2.05. The van der Waals surface area contributed by atoms with Gasteiger partial charge >= 0.3 is 0 Å². The Hall–Kier alpha value is -1.59. The van der Waals surface area contributed by atoms with E-state index in [1.165, 1.54) is 11.3 Å². The number of aromatic nitrogens is 1. The summed E-state index contributed by atoms with van der Waals surface area (Å²) in [5.74, 6) is 0.850. The maximum absolute atomic E-state index is 7.31. The predicted octanol–water partition coefficient (Wildman–Crippen LogP) is 3.01. The Morgan fingerprint density at radius 1 is 1.53 bits per heavy atom. The average Bonchev–Trinajstić information content (AvgIpc) is 2.83. The van der Waals surface area contributed by atoms with Gasteiger partial charge in [-0.25, -0.2) is 4.98 Å². The number of aryl methyl sites for hydroxylation is 1. The minimum Gasteiger partial charge on any atom is -0.493 e. The Balaban J connectivity index is 1.88. The van der Waals surface area contributed by atoms with Gasteiger partial charge in [0.1, 0.15) is 11.6 Å². The van der Waals surface area contributed by atoms with E-state index >= 15 is 0 Å². The molecule has 0 spiro atoms. The molecule has 0 amide bonds. The number of halogens is 1. The Morgan fingerprint density at radius 3 is 2.95 bits per heavy atom. The number of amidine groups is 1. The van der Waals surface area contributed by atoms with Crippen LogP contribution in [-0.2, 0) is 6.42 Å². The van der Waals surface area contributed by atoms with E-state index in [0.717, 1.165) is 21.3 Å². The lowest BCUT2D eigenvalue weighted by Gasteiger charge is -2.06. The summed E-state index contributed by atoms with van der Waals surface area (Å²) in [6.07, 6.45) is 2.31. The molecule has 0 saturated carbocycles. The lowest BCUT2D eigenvalue weighted by molar-refractivity contribution is 0.321. The van der Waals surface area contributed by atoms with Crippen LogP contribution < -0.4 is 10.5 Å². The number of nitrogens with zero attached hydrogens (tertiary/aromatic N) is 1. The highest BCUT2D eigenvalue weighted by molar-refractivity contribution is 7.13. The van der Waals surface area contributed by atoms with Crippen molar-refractivity contribution in [1.29, 1.82) is 5.41 Å². The molecule has 2 aromatic rings. The predicted molar refractivity (Wildman–Crippen MR) is 78.5 cm³/mol. The van der Waals surface area contributed by atoms with Crippen molar-refractivity contribution in [1.82, 2.24) is 4.98 Å². The Kier molecular flexibility index (Phi) is 4.39. The molecule has 1 aromatic heterocycles. The number of hydrogen-bond donors (Lipinski definition) is 2. The number of hydrogen-bond acceptors (Lipinski definition) is 4. The van der Waals surface area contributed by atoms with Crippen LogP contribution in [0.3, 0.4) is 0 Å². The first kappa shape index (κ1) is 13.8. The smallest absolute Gasteiger partial charge is 0.134 e. The largest absolute Gasteiger partial charge is 0.493 e. The molecule has 0 unspecified atom stereocenters. The van der Waals surface area contributed by atoms with Crippen LogP contribution in [-0.4, -0.2) is 17.4 Å². The first-order valence-electron chi connectivity index (χ1n) is 5.74. The van der Waals surface area contributed by atoms with Crippen molar-refractivity contribution in [3.05, 3.63) is 44.9 Å². The quantitative estimate of drug-likeness (QED) is 0.658. The molecule has 100 valence electrons. The van der Waals surface area contributed by atoms with Crippen LogP contribution in [0.25, 0.3) is 0 Å². The van der Waals surface area contributed by atoms with Gasteiger partial charge in [0, 0.05) is 17.6 Å². The van der Waals surface area contributed by atoms with Crippen LogP contribution >= 0.6 is 22.9 Å². The van der Waals surface area contributed by atoms with Gasteiger partial charge in [0.15, 0.2) is 0 Å². The first-order valence-corrected chi connectivity index (χ1v) is 6.94. The molecule has 0 radical (unpaired) electrons. The maximum Gasteiger partial charge on any atom is 0.134 e. The molecule has 0 saturated heterocycles. The van der Waals surface area contributed by atoms with Crippen molar-refractivity contribution in [2.24, 2.45) is 5.73 Å². The molecule has 0 atom stereocenters. The van der Waals surface area contributed by atoms with Crippen LogP contribution in [0.2, 0.25) is 5.02 Å². The van der Waals surface area contributed by atoms with E-state index in [2.05, 4.69) is 4.98 Å². The number of benzene rings is 1. The van der Waals surface area contributed by atoms with Gasteiger partial charge in [0.05, 0.1) is 16.5 Å². The van der Waals surface area contributed by atoms with E-state index in [0.29, 0.717) is 17.9 Å². The average molecular weight is 296 g/mol. The minimum atomic E-state index is 0.0537. The maximum atomic E-state index is 7.31. The van der Waals surface area contributed by atoms with Crippen molar-refractivity contribution in [3.63, 3.8) is 0 Å². The molecule has 2 rings (SSSR count). The zero-order chi connectivity index (χ0) is 13.8. The first-order chi connectivity index (χ1) is 9.06. The van der Waals surface area contributed by atoms with Crippen LogP contribution in [0.1, 0.15) is 15.4 Å². The van der Waals surface area contributed by atoms with Crippen molar-refractivity contribution < 1.29 is 4.74 Å². The second kappa shape index (κ2) is 6.04. The summed E-state index contributed by atoms with van der Waals surface area (Å²) in [5, 5.41) is 8.96. The number of nitrogen functional groups attached to an aromatic ring is 1. The fourth-order valence-corrected chi connectivity index (χ4v) is 2.39. The monoisotopic (exact) mass is 295 g/mol. The molecule has 1 aromatic carbocycles. The molecule has 0 fully saturated rings. The zero-order valence-corrected chi connectivity index (χ0v) is 12.0. The highest BCUT2D eigenvalue weighted by atomic mass is 35.5. The van der Waals surface area contributed by atoms with E-state index in [1.54, 1.807) is 6.20 Å². The molecule has 0 aliphatic carbocycles. The lowest BCUT2D eigenvalue weighted by atomic mass is 10.2. The van der Waals surface area contributed by atoms with E-state index in [9.17, 15) is 0 Å². The van der Waals surface area contributed by atoms with E-state index in [-0.39, 0.29) is 5.84 Å². The molecule has 0 aliphatic heterocycles. The van der Waals surface area contributed by atoms with Crippen molar-refractivity contribution in [3.8, 4) is 5.75 Å². The van der Waals surface area contributed by atoms with Gasteiger partial charge in [-0.05, 0) is 30.7 Å². The molecule has 4 nitrogen and oxygen atoms in total. The number of ether oxygens (including phenoxy) is 1. The standard InChI is InChI=1S/C13H14ClN3OS/c1-8-6-9(2-3-10(8)14)18-5-4-12-17-7-11(19-12)13(15)16/h2-3,6-7H,4-5H2,1H3,(H3,15,16). The van der Waals surface area contributed by atoms with Crippen LogP contribution in [0.5, 0.6) is 5.75 Å². The highest BCUT2D eigenvalue weighted by Crippen LogP contribution is 2.21. The summed E-state index contributed by atoms with van der Waals surface area (Å²) in [5.41, 5.74) is 6.38. The Bertz CT molecular complexity index is 597. The summed E-state index contributed by atoms with van der Waals surface area (Å²) in [6.45, 7) is 2.47. The Morgan fingerprint density at radius 2 is 2.32 bits per heavy atom. The molecular formula is C13H14ClN3OS. The van der Waals surface area contributed by atoms with Crippen LogP contribution in [0.4, 0.5) is 0 Å². The second-order valence-corrected chi connectivity index (χ2v) is 5.56. The van der Waals surface area contributed by atoms with Crippen molar-refractivity contribution >= 4 is 28.8 Å². The zero-order valence-electron chi connectivity index (χ0n) is 10.4. The lowest BCUT2D eigenvalue weighted by Crippen LogP contribution is -2.08. The molecule has 0 aliphatic rings. The number of rotatable bonds is 5. The fraction of sp³-hybridized carbons (Fsp3) is 0.231. The fourth-order valence-electron chi connectivity index (χ4n) is 1.51. The number of nitrogens with two attached hydrogens (primary N) is 1. The summed E-state index contributed by atoms with van der Waals surface area (Å²) >= 11 is 7.37. The van der Waals surface area contributed by atoms with Crippen molar-refractivity contribution in [2.75, 3.05) is 6.61 Å². The molecule has 6 heteroatoms. The summed E-state index contributed by atoms with van der Waals surface area (Å²) in [6, 6.07) is 5.58. The van der Waals surface area contributed by atoms with Gasteiger partial charge in [-0.3, -0.25) is 5.41 Å².